The Morgan fingerprint density at radius 2 is 1.62 bits per heavy atom. The van der Waals surface area contributed by atoms with E-state index in [9.17, 15) is 13.6 Å². The van der Waals surface area contributed by atoms with Crippen LogP contribution in [0, 0.1) is 0 Å². The zero-order chi connectivity index (χ0) is 20.2. The lowest BCUT2D eigenvalue weighted by Crippen LogP contribution is -2.05. The fraction of sp³-hybridized carbons (Fsp3) is 0.0870. The second kappa shape index (κ2) is 8.14. The molecule has 1 aromatic heterocycles. The molecule has 4 nitrogen and oxygen atoms in total. The molecule has 0 saturated carbocycles. The summed E-state index contributed by atoms with van der Waals surface area (Å²) in [4.78, 5) is 12.8. The summed E-state index contributed by atoms with van der Waals surface area (Å²) >= 11 is 0. The van der Waals surface area contributed by atoms with Crippen LogP contribution in [0.1, 0.15) is 5.56 Å². The lowest BCUT2D eigenvalue weighted by Gasteiger charge is -2.08. The molecule has 0 radical (unpaired) electrons. The van der Waals surface area contributed by atoms with Gasteiger partial charge in [0.15, 0.2) is 5.43 Å². The molecule has 0 N–H and O–H groups in total. The molecule has 29 heavy (non-hydrogen) atoms. The minimum Gasteiger partial charge on any atom is -0.489 e. The molecular formula is C23H16F2O4. The number of hydrogen-bond acceptors (Lipinski definition) is 4. The molecule has 0 aliphatic rings. The largest absolute Gasteiger partial charge is 0.489 e. The van der Waals surface area contributed by atoms with Gasteiger partial charge in [-0.25, -0.2) is 0 Å². The average molecular weight is 394 g/mol. The Balaban J connectivity index is 1.58. The van der Waals surface area contributed by atoms with Crippen LogP contribution in [0.4, 0.5) is 8.78 Å². The van der Waals surface area contributed by atoms with Gasteiger partial charge in [-0.3, -0.25) is 4.79 Å². The topological polar surface area (TPSA) is 48.7 Å². The predicted octanol–water partition coefficient (Wildman–Crippen LogP) is 5.64. The number of rotatable bonds is 6. The van der Waals surface area contributed by atoms with Crippen LogP contribution in [0.15, 0.2) is 88.3 Å². The lowest BCUT2D eigenvalue weighted by atomic mass is 10.1. The molecule has 0 aliphatic carbocycles. The highest BCUT2D eigenvalue weighted by Gasteiger charge is 2.11. The molecule has 0 fully saturated rings. The van der Waals surface area contributed by atoms with Crippen molar-refractivity contribution < 1.29 is 22.7 Å². The fourth-order valence-electron chi connectivity index (χ4n) is 2.95. The molecule has 0 amide bonds. The maximum absolute atomic E-state index is 12.8. The number of fused-ring (bicyclic) bond motifs is 1. The van der Waals surface area contributed by atoms with E-state index in [0.717, 1.165) is 5.56 Å². The SMILES string of the molecule is O=c1c(-c2ccc(OC(F)F)cc2)coc2cc(OCc3ccccc3)ccc12. The van der Waals surface area contributed by atoms with Gasteiger partial charge in [0.05, 0.1) is 10.9 Å². The third-order valence-corrected chi connectivity index (χ3v) is 4.38. The Labute approximate surface area is 164 Å². The first kappa shape index (κ1) is 18.7. The van der Waals surface area contributed by atoms with Crippen molar-refractivity contribution >= 4 is 11.0 Å². The van der Waals surface area contributed by atoms with Crippen LogP contribution >= 0.6 is 0 Å². The van der Waals surface area contributed by atoms with Gasteiger partial charge >= 0.3 is 6.61 Å². The molecule has 3 aromatic carbocycles. The van der Waals surface area contributed by atoms with Crippen LogP contribution in [0.3, 0.4) is 0 Å². The minimum atomic E-state index is -2.90. The molecule has 0 bridgehead atoms. The highest BCUT2D eigenvalue weighted by molar-refractivity contribution is 5.82. The Morgan fingerprint density at radius 1 is 0.897 bits per heavy atom. The summed E-state index contributed by atoms with van der Waals surface area (Å²) in [6.45, 7) is -2.49. The lowest BCUT2D eigenvalue weighted by molar-refractivity contribution is -0.0498. The van der Waals surface area contributed by atoms with Gasteiger partial charge in [-0.2, -0.15) is 8.78 Å². The van der Waals surface area contributed by atoms with Gasteiger partial charge in [0.2, 0.25) is 0 Å². The van der Waals surface area contributed by atoms with Crippen molar-refractivity contribution in [3.8, 4) is 22.6 Å². The van der Waals surface area contributed by atoms with E-state index < -0.39 is 6.61 Å². The maximum atomic E-state index is 12.8. The molecular weight excluding hydrogens is 378 g/mol. The molecule has 1 heterocycles. The fourth-order valence-corrected chi connectivity index (χ4v) is 2.95. The number of benzene rings is 3. The van der Waals surface area contributed by atoms with E-state index in [-0.39, 0.29) is 11.2 Å². The van der Waals surface area contributed by atoms with E-state index in [1.54, 1.807) is 18.2 Å². The standard InChI is InChI=1S/C23H16F2O4/c24-23(25)29-17-8-6-16(7-9-17)20-14-28-21-12-18(10-11-19(21)22(20)26)27-13-15-4-2-1-3-5-15/h1-12,14,23H,13H2. The molecule has 146 valence electrons. The molecule has 0 saturated heterocycles. The quantitative estimate of drug-likeness (QED) is 0.425. The minimum absolute atomic E-state index is 0.0223. The molecule has 0 unspecified atom stereocenters. The van der Waals surface area contributed by atoms with Crippen molar-refractivity contribution in [1.82, 2.24) is 0 Å². The van der Waals surface area contributed by atoms with Crippen LogP contribution in [0.5, 0.6) is 11.5 Å². The third-order valence-electron chi connectivity index (χ3n) is 4.38. The first-order valence-corrected chi connectivity index (χ1v) is 8.88. The molecule has 0 atom stereocenters. The Bertz CT molecular complexity index is 1170. The van der Waals surface area contributed by atoms with Crippen molar-refractivity contribution in [3.05, 3.63) is 94.8 Å². The summed E-state index contributed by atoms with van der Waals surface area (Å²) in [6, 6.07) is 20.6. The van der Waals surface area contributed by atoms with E-state index in [4.69, 9.17) is 9.15 Å². The normalized spacial score (nSPS) is 11.0. The van der Waals surface area contributed by atoms with Crippen LogP contribution in [-0.4, -0.2) is 6.61 Å². The van der Waals surface area contributed by atoms with Gasteiger partial charge in [0, 0.05) is 6.07 Å². The third kappa shape index (κ3) is 4.27. The number of ether oxygens (including phenoxy) is 2. The predicted molar refractivity (Wildman–Crippen MR) is 105 cm³/mol. The van der Waals surface area contributed by atoms with Crippen molar-refractivity contribution in [3.63, 3.8) is 0 Å². The Kier molecular flexibility index (Phi) is 5.24. The maximum Gasteiger partial charge on any atom is 0.387 e. The second-order valence-corrected chi connectivity index (χ2v) is 6.31. The van der Waals surface area contributed by atoms with E-state index in [0.29, 0.717) is 34.5 Å². The molecule has 4 rings (SSSR count). The van der Waals surface area contributed by atoms with Gasteiger partial charge in [0.1, 0.15) is 30.0 Å². The van der Waals surface area contributed by atoms with Crippen molar-refractivity contribution in [1.29, 1.82) is 0 Å². The van der Waals surface area contributed by atoms with Gasteiger partial charge in [0.25, 0.3) is 0 Å². The molecule has 0 spiro atoms. The molecule has 4 aromatic rings. The second-order valence-electron chi connectivity index (χ2n) is 6.31. The summed E-state index contributed by atoms with van der Waals surface area (Å²) in [5.74, 6) is 0.611. The first-order chi connectivity index (χ1) is 14.1. The summed E-state index contributed by atoms with van der Waals surface area (Å²) < 4.78 is 40.3. The summed E-state index contributed by atoms with van der Waals surface area (Å²) in [5, 5.41) is 0.405. The van der Waals surface area contributed by atoms with Crippen molar-refractivity contribution in [2.75, 3.05) is 0 Å². The summed E-state index contributed by atoms with van der Waals surface area (Å²) in [6.07, 6.45) is 1.36. The number of alkyl halides is 2. The van der Waals surface area contributed by atoms with E-state index in [1.165, 1.54) is 30.5 Å². The van der Waals surface area contributed by atoms with Crippen LogP contribution in [-0.2, 0) is 6.61 Å². The first-order valence-electron chi connectivity index (χ1n) is 8.88. The van der Waals surface area contributed by atoms with Crippen LogP contribution in [0.25, 0.3) is 22.1 Å². The van der Waals surface area contributed by atoms with Crippen LogP contribution in [0.2, 0.25) is 0 Å². The van der Waals surface area contributed by atoms with Gasteiger partial charge in [-0.1, -0.05) is 42.5 Å². The monoisotopic (exact) mass is 394 g/mol. The summed E-state index contributed by atoms with van der Waals surface area (Å²) in [5.41, 5.74) is 2.10. The Morgan fingerprint density at radius 3 is 2.34 bits per heavy atom. The molecule has 0 aliphatic heterocycles. The van der Waals surface area contributed by atoms with Crippen molar-refractivity contribution in [2.45, 2.75) is 13.2 Å². The van der Waals surface area contributed by atoms with E-state index in [2.05, 4.69) is 4.74 Å². The zero-order valence-electron chi connectivity index (χ0n) is 15.2. The highest BCUT2D eigenvalue weighted by Crippen LogP contribution is 2.25. The van der Waals surface area contributed by atoms with Gasteiger partial charge in [-0.15, -0.1) is 0 Å². The van der Waals surface area contributed by atoms with E-state index in [1.807, 2.05) is 30.3 Å². The highest BCUT2D eigenvalue weighted by atomic mass is 19.3. The zero-order valence-corrected chi connectivity index (χ0v) is 15.2. The van der Waals surface area contributed by atoms with E-state index >= 15 is 0 Å². The number of halogens is 2. The van der Waals surface area contributed by atoms with Crippen LogP contribution < -0.4 is 14.9 Å². The number of hydrogen-bond donors (Lipinski definition) is 0. The van der Waals surface area contributed by atoms with Gasteiger partial charge in [-0.05, 0) is 35.4 Å². The average Bonchev–Trinajstić information content (AvgIpc) is 2.74. The summed E-state index contributed by atoms with van der Waals surface area (Å²) in [7, 11) is 0. The van der Waals surface area contributed by atoms with Crippen molar-refractivity contribution in [2.24, 2.45) is 0 Å². The van der Waals surface area contributed by atoms with Gasteiger partial charge < -0.3 is 13.9 Å². The smallest absolute Gasteiger partial charge is 0.387 e. The molecule has 6 heteroatoms. The Hall–Kier alpha value is -3.67.